The molecule has 0 spiro atoms. The number of methoxy groups -OCH3 is 1. The summed E-state index contributed by atoms with van der Waals surface area (Å²) in [6.45, 7) is 5.64. The highest BCUT2D eigenvalue weighted by atomic mass is 19.1. The lowest BCUT2D eigenvalue weighted by Gasteiger charge is -2.05. The lowest BCUT2D eigenvalue weighted by Crippen LogP contribution is -2.01. The zero-order chi connectivity index (χ0) is 15.1. The lowest BCUT2D eigenvalue weighted by molar-refractivity contribution is 0.390. The third kappa shape index (κ3) is 2.05. The number of fused-ring (bicyclic) bond motifs is 1. The number of aromatic nitrogens is 4. The van der Waals surface area contributed by atoms with Crippen molar-refractivity contribution in [3.63, 3.8) is 0 Å². The van der Waals surface area contributed by atoms with E-state index >= 15 is 0 Å². The van der Waals surface area contributed by atoms with Crippen molar-refractivity contribution in [1.29, 1.82) is 0 Å². The maximum atomic E-state index is 14.3. The SMILES string of the molecule is COc1ccc(F)c2c1c(C(C)C)nn2-c1noc(C)n1. The molecule has 0 saturated carbocycles. The van der Waals surface area contributed by atoms with Gasteiger partial charge in [0.1, 0.15) is 17.1 Å². The number of halogens is 1. The van der Waals surface area contributed by atoms with Crippen LogP contribution in [-0.2, 0) is 0 Å². The van der Waals surface area contributed by atoms with Crippen molar-refractivity contribution in [1.82, 2.24) is 19.9 Å². The predicted octanol–water partition coefficient (Wildman–Crippen LogP) is 2.99. The van der Waals surface area contributed by atoms with Gasteiger partial charge in [-0.1, -0.05) is 13.8 Å². The topological polar surface area (TPSA) is 66.0 Å². The average Bonchev–Trinajstić information content (AvgIpc) is 3.03. The molecular weight excluding hydrogens is 275 g/mol. The molecular formula is C14H15FN4O2. The molecule has 2 heterocycles. The molecule has 0 radical (unpaired) electrons. The summed E-state index contributed by atoms with van der Waals surface area (Å²) in [6, 6.07) is 2.94. The fraction of sp³-hybridized carbons (Fsp3) is 0.357. The fourth-order valence-electron chi connectivity index (χ4n) is 2.30. The number of nitrogens with zero attached hydrogens (tertiary/aromatic N) is 4. The Bertz CT molecular complexity index is 807. The van der Waals surface area contributed by atoms with Gasteiger partial charge in [-0.3, -0.25) is 0 Å². The minimum atomic E-state index is -0.410. The van der Waals surface area contributed by atoms with Crippen LogP contribution in [0, 0.1) is 12.7 Å². The van der Waals surface area contributed by atoms with E-state index in [0.29, 0.717) is 22.5 Å². The van der Waals surface area contributed by atoms with E-state index in [1.165, 1.54) is 10.7 Å². The van der Waals surface area contributed by atoms with Gasteiger partial charge < -0.3 is 9.26 Å². The Kier molecular flexibility index (Phi) is 3.12. The second-order valence-electron chi connectivity index (χ2n) is 5.04. The van der Waals surface area contributed by atoms with Gasteiger partial charge in [-0.05, 0) is 23.2 Å². The number of hydrogen-bond acceptors (Lipinski definition) is 5. The lowest BCUT2D eigenvalue weighted by atomic mass is 10.1. The Balaban J connectivity index is 2.41. The van der Waals surface area contributed by atoms with Crippen LogP contribution in [0.1, 0.15) is 31.4 Å². The molecule has 0 aliphatic heterocycles. The largest absolute Gasteiger partial charge is 0.496 e. The molecule has 0 fully saturated rings. The molecule has 0 unspecified atom stereocenters. The first-order valence-electron chi connectivity index (χ1n) is 6.58. The number of ether oxygens (including phenoxy) is 1. The van der Waals surface area contributed by atoms with Gasteiger partial charge in [-0.15, -0.1) is 0 Å². The second-order valence-corrected chi connectivity index (χ2v) is 5.04. The third-order valence-electron chi connectivity index (χ3n) is 3.24. The molecule has 0 saturated heterocycles. The van der Waals surface area contributed by atoms with E-state index in [1.54, 1.807) is 20.1 Å². The first-order valence-corrected chi connectivity index (χ1v) is 6.58. The number of hydrogen-bond donors (Lipinski definition) is 0. The molecule has 2 aromatic heterocycles. The van der Waals surface area contributed by atoms with Crippen molar-refractivity contribution < 1.29 is 13.7 Å². The summed E-state index contributed by atoms with van der Waals surface area (Å²) in [5.74, 6) is 0.853. The quantitative estimate of drug-likeness (QED) is 0.742. The molecule has 7 heteroatoms. The molecule has 1 aromatic carbocycles. The first kappa shape index (κ1) is 13.5. The molecule has 3 rings (SSSR count). The third-order valence-corrected chi connectivity index (χ3v) is 3.24. The maximum Gasteiger partial charge on any atom is 0.291 e. The highest BCUT2D eigenvalue weighted by Crippen LogP contribution is 2.35. The average molecular weight is 290 g/mol. The van der Waals surface area contributed by atoms with Gasteiger partial charge in [0.05, 0.1) is 18.2 Å². The maximum absolute atomic E-state index is 14.3. The van der Waals surface area contributed by atoms with E-state index in [2.05, 4.69) is 15.2 Å². The zero-order valence-corrected chi connectivity index (χ0v) is 12.2. The van der Waals surface area contributed by atoms with Crippen LogP contribution in [0.25, 0.3) is 16.9 Å². The van der Waals surface area contributed by atoms with E-state index in [-0.39, 0.29) is 11.9 Å². The number of rotatable bonds is 3. The monoisotopic (exact) mass is 290 g/mol. The van der Waals surface area contributed by atoms with E-state index < -0.39 is 5.82 Å². The fourth-order valence-corrected chi connectivity index (χ4v) is 2.30. The van der Waals surface area contributed by atoms with Crippen LogP contribution in [0.15, 0.2) is 16.7 Å². The van der Waals surface area contributed by atoms with Gasteiger partial charge in [-0.2, -0.15) is 14.8 Å². The molecule has 0 aliphatic rings. The van der Waals surface area contributed by atoms with E-state index in [0.717, 1.165) is 5.69 Å². The smallest absolute Gasteiger partial charge is 0.291 e. The van der Waals surface area contributed by atoms with Crippen molar-refractivity contribution in [2.45, 2.75) is 26.7 Å². The van der Waals surface area contributed by atoms with Gasteiger partial charge in [0.15, 0.2) is 0 Å². The van der Waals surface area contributed by atoms with Crippen LogP contribution in [-0.4, -0.2) is 27.0 Å². The zero-order valence-electron chi connectivity index (χ0n) is 12.2. The standard InChI is InChI=1S/C14H15FN4O2/c1-7(2)12-11-10(20-4)6-5-9(15)13(11)19(17-12)14-16-8(3)21-18-14/h5-7H,1-4H3. The van der Waals surface area contributed by atoms with Crippen LogP contribution in [0.2, 0.25) is 0 Å². The molecule has 0 bridgehead atoms. The highest BCUT2D eigenvalue weighted by molar-refractivity contribution is 5.90. The Hall–Kier alpha value is -2.44. The Morgan fingerprint density at radius 3 is 2.67 bits per heavy atom. The summed E-state index contributed by atoms with van der Waals surface area (Å²) in [5, 5.41) is 8.90. The molecule has 21 heavy (non-hydrogen) atoms. The molecule has 0 amide bonds. The van der Waals surface area contributed by atoms with Crippen LogP contribution in [0.3, 0.4) is 0 Å². The molecule has 6 nitrogen and oxygen atoms in total. The van der Waals surface area contributed by atoms with Crippen molar-refractivity contribution in [3.8, 4) is 11.7 Å². The van der Waals surface area contributed by atoms with Gasteiger partial charge in [-0.25, -0.2) is 4.39 Å². The normalized spacial score (nSPS) is 11.5. The van der Waals surface area contributed by atoms with Crippen LogP contribution in [0.5, 0.6) is 5.75 Å². The molecule has 3 aromatic rings. The Morgan fingerprint density at radius 2 is 2.10 bits per heavy atom. The summed E-state index contributed by atoms with van der Waals surface area (Å²) in [4.78, 5) is 4.12. The van der Waals surface area contributed by atoms with Crippen LogP contribution < -0.4 is 4.74 Å². The minimum absolute atomic E-state index is 0.0949. The Labute approximate surface area is 120 Å². The van der Waals surface area contributed by atoms with Crippen molar-refractivity contribution >= 4 is 10.9 Å². The number of benzene rings is 1. The minimum Gasteiger partial charge on any atom is -0.496 e. The first-order chi connectivity index (χ1) is 10.0. The van der Waals surface area contributed by atoms with E-state index in [1.807, 2.05) is 13.8 Å². The Morgan fingerprint density at radius 1 is 1.33 bits per heavy atom. The predicted molar refractivity (Wildman–Crippen MR) is 74.3 cm³/mol. The summed E-state index contributed by atoms with van der Waals surface area (Å²) in [6.07, 6.45) is 0. The summed E-state index contributed by atoms with van der Waals surface area (Å²) < 4.78 is 26.0. The highest BCUT2D eigenvalue weighted by Gasteiger charge is 2.23. The van der Waals surface area contributed by atoms with Gasteiger partial charge in [0.25, 0.3) is 5.95 Å². The molecule has 110 valence electrons. The van der Waals surface area contributed by atoms with Gasteiger partial charge >= 0.3 is 0 Å². The van der Waals surface area contributed by atoms with Crippen LogP contribution in [0.4, 0.5) is 4.39 Å². The summed E-state index contributed by atoms with van der Waals surface area (Å²) in [5.41, 5.74) is 1.02. The van der Waals surface area contributed by atoms with E-state index in [9.17, 15) is 4.39 Å². The molecule has 0 atom stereocenters. The van der Waals surface area contributed by atoms with Crippen molar-refractivity contribution in [2.75, 3.05) is 7.11 Å². The van der Waals surface area contributed by atoms with Crippen LogP contribution >= 0.6 is 0 Å². The van der Waals surface area contributed by atoms with Gasteiger partial charge in [0.2, 0.25) is 5.89 Å². The van der Waals surface area contributed by atoms with Crippen molar-refractivity contribution in [3.05, 3.63) is 29.5 Å². The molecule has 0 N–H and O–H groups in total. The second kappa shape index (κ2) is 4.83. The van der Waals surface area contributed by atoms with Crippen molar-refractivity contribution in [2.24, 2.45) is 0 Å². The van der Waals surface area contributed by atoms with Gasteiger partial charge in [0, 0.05) is 6.92 Å². The molecule has 0 aliphatic carbocycles. The summed E-state index contributed by atoms with van der Waals surface area (Å²) >= 11 is 0. The van der Waals surface area contributed by atoms with E-state index in [4.69, 9.17) is 9.26 Å². The number of aryl methyl sites for hydroxylation is 1. The summed E-state index contributed by atoms with van der Waals surface area (Å²) in [7, 11) is 1.55.